The number of nitrogens with one attached hydrogen (secondary N) is 1. The second kappa shape index (κ2) is 7.75. The summed E-state index contributed by atoms with van der Waals surface area (Å²) in [5.41, 5.74) is 1.58. The highest BCUT2D eigenvalue weighted by Crippen LogP contribution is 2.23. The second-order valence-electron chi connectivity index (χ2n) is 7.54. The Bertz CT molecular complexity index is 920. The molecule has 1 atom stereocenters. The number of piperazine rings is 2. The number of benzene rings is 1. The number of Topliss-reactive ketones (excluding diaryl/α,β-unsaturated/α-hetero) is 1. The molecule has 0 saturated carbocycles. The smallest absolute Gasteiger partial charge is 0.242 e. The number of ketones is 1. The van der Waals surface area contributed by atoms with Gasteiger partial charge in [-0.3, -0.25) is 19.3 Å². The molecule has 2 aliphatic rings. The Labute approximate surface area is 164 Å². The van der Waals surface area contributed by atoms with E-state index in [2.05, 4.69) is 10.2 Å². The SMILES string of the molecule is CCCC(=O)c1cn(CC(=O)N2CCN3CCNC(=O)[C@H]3C2)c2ccccc12. The molecular weight excluding hydrogens is 356 g/mol. The number of amides is 2. The highest BCUT2D eigenvalue weighted by molar-refractivity contribution is 6.08. The Morgan fingerprint density at radius 2 is 2.00 bits per heavy atom. The molecule has 4 rings (SSSR count). The van der Waals surface area contributed by atoms with Gasteiger partial charge in [-0.15, -0.1) is 0 Å². The minimum absolute atomic E-state index is 0.00242. The molecule has 0 unspecified atom stereocenters. The van der Waals surface area contributed by atoms with Gasteiger partial charge in [0, 0.05) is 61.8 Å². The van der Waals surface area contributed by atoms with Gasteiger partial charge in [0.05, 0.1) is 0 Å². The number of hydrogen-bond acceptors (Lipinski definition) is 4. The Balaban J connectivity index is 1.54. The number of rotatable bonds is 5. The summed E-state index contributed by atoms with van der Waals surface area (Å²) >= 11 is 0. The van der Waals surface area contributed by atoms with E-state index < -0.39 is 0 Å². The van der Waals surface area contributed by atoms with Gasteiger partial charge < -0.3 is 14.8 Å². The Morgan fingerprint density at radius 3 is 2.82 bits per heavy atom. The van der Waals surface area contributed by atoms with Crippen LogP contribution in [0.4, 0.5) is 0 Å². The van der Waals surface area contributed by atoms with Crippen LogP contribution >= 0.6 is 0 Å². The molecule has 2 saturated heterocycles. The van der Waals surface area contributed by atoms with Crippen molar-refractivity contribution in [2.24, 2.45) is 0 Å². The Morgan fingerprint density at radius 1 is 1.18 bits per heavy atom. The van der Waals surface area contributed by atoms with Gasteiger partial charge in [0.25, 0.3) is 0 Å². The van der Waals surface area contributed by atoms with E-state index in [1.54, 1.807) is 4.90 Å². The highest BCUT2D eigenvalue weighted by Gasteiger charge is 2.36. The minimum atomic E-state index is -0.255. The first-order valence-corrected chi connectivity index (χ1v) is 9.99. The Kier molecular flexibility index (Phi) is 5.17. The van der Waals surface area contributed by atoms with Gasteiger partial charge in [-0.25, -0.2) is 0 Å². The number of nitrogens with zero attached hydrogens (tertiary/aromatic N) is 3. The molecule has 3 heterocycles. The van der Waals surface area contributed by atoms with Gasteiger partial charge in [0.2, 0.25) is 11.8 Å². The molecule has 7 nitrogen and oxygen atoms in total. The topological polar surface area (TPSA) is 74.7 Å². The maximum atomic E-state index is 13.0. The molecule has 2 amide bonds. The number of carbonyl (C=O) groups is 3. The number of carbonyl (C=O) groups excluding carboxylic acids is 3. The van der Waals surface area contributed by atoms with Crippen LogP contribution in [0.3, 0.4) is 0 Å². The molecule has 1 aromatic carbocycles. The molecule has 148 valence electrons. The lowest BCUT2D eigenvalue weighted by Gasteiger charge is -2.43. The molecule has 0 bridgehead atoms. The molecule has 28 heavy (non-hydrogen) atoms. The van der Waals surface area contributed by atoms with Crippen LogP contribution in [0.1, 0.15) is 30.1 Å². The van der Waals surface area contributed by atoms with Crippen molar-refractivity contribution >= 4 is 28.5 Å². The zero-order chi connectivity index (χ0) is 19.7. The molecule has 0 aliphatic carbocycles. The van der Waals surface area contributed by atoms with Crippen molar-refractivity contribution < 1.29 is 14.4 Å². The third kappa shape index (κ3) is 3.42. The first-order chi connectivity index (χ1) is 13.6. The number of para-hydroxylation sites is 1. The summed E-state index contributed by atoms with van der Waals surface area (Å²) in [5.74, 6) is 0.0910. The van der Waals surface area contributed by atoms with Crippen molar-refractivity contribution in [3.8, 4) is 0 Å². The number of aromatic nitrogens is 1. The lowest BCUT2D eigenvalue weighted by molar-refractivity contribution is -0.140. The molecule has 2 fully saturated rings. The molecule has 2 aliphatic heterocycles. The van der Waals surface area contributed by atoms with Crippen LogP contribution in [0.25, 0.3) is 10.9 Å². The van der Waals surface area contributed by atoms with Gasteiger partial charge in [-0.1, -0.05) is 25.1 Å². The predicted molar refractivity (Wildman–Crippen MR) is 106 cm³/mol. The fourth-order valence-electron chi connectivity index (χ4n) is 4.21. The van der Waals surface area contributed by atoms with Crippen molar-refractivity contribution in [2.75, 3.05) is 32.7 Å². The van der Waals surface area contributed by atoms with Gasteiger partial charge >= 0.3 is 0 Å². The maximum Gasteiger partial charge on any atom is 0.242 e. The summed E-state index contributed by atoms with van der Waals surface area (Å²) in [6.45, 7) is 5.44. The summed E-state index contributed by atoms with van der Waals surface area (Å²) in [7, 11) is 0. The first-order valence-electron chi connectivity index (χ1n) is 9.99. The summed E-state index contributed by atoms with van der Waals surface area (Å²) in [5, 5.41) is 3.77. The molecular formula is C21H26N4O3. The third-order valence-electron chi connectivity index (χ3n) is 5.72. The average molecular weight is 382 g/mol. The summed E-state index contributed by atoms with van der Waals surface area (Å²) < 4.78 is 1.87. The summed E-state index contributed by atoms with van der Waals surface area (Å²) in [4.78, 5) is 41.5. The van der Waals surface area contributed by atoms with E-state index in [1.165, 1.54) is 0 Å². The fourth-order valence-corrected chi connectivity index (χ4v) is 4.21. The van der Waals surface area contributed by atoms with Crippen LogP contribution in [0.2, 0.25) is 0 Å². The van der Waals surface area contributed by atoms with Crippen LogP contribution in [0.15, 0.2) is 30.5 Å². The molecule has 1 N–H and O–H groups in total. The van der Waals surface area contributed by atoms with Crippen molar-refractivity contribution in [3.63, 3.8) is 0 Å². The van der Waals surface area contributed by atoms with E-state index in [4.69, 9.17) is 0 Å². The van der Waals surface area contributed by atoms with Crippen molar-refractivity contribution in [1.29, 1.82) is 0 Å². The number of fused-ring (bicyclic) bond motifs is 2. The zero-order valence-electron chi connectivity index (χ0n) is 16.2. The van der Waals surface area contributed by atoms with Crippen LogP contribution in [0.5, 0.6) is 0 Å². The van der Waals surface area contributed by atoms with Crippen molar-refractivity contribution in [1.82, 2.24) is 19.7 Å². The quantitative estimate of drug-likeness (QED) is 0.791. The van der Waals surface area contributed by atoms with E-state index >= 15 is 0 Å². The molecule has 0 spiro atoms. The lowest BCUT2D eigenvalue weighted by atomic mass is 10.1. The minimum Gasteiger partial charge on any atom is -0.353 e. The third-order valence-corrected chi connectivity index (χ3v) is 5.72. The van der Waals surface area contributed by atoms with Crippen LogP contribution in [-0.4, -0.2) is 70.7 Å². The number of hydrogen-bond donors (Lipinski definition) is 1. The zero-order valence-corrected chi connectivity index (χ0v) is 16.2. The summed E-state index contributed by atoms with van der Waals surface area (Å²) in [6, 6.07) is 7.46. The molecule has 7 heteroatoms. The highest BCUT2D eigenvalue weighted by atomic mass is 16.2. The van der Waals surface area contributed by atoms with Gasteiger partial charge in [-0.05, 0) is 12.5 Å². The molecule has 1 aromatic heterocycles. The van der Waals surface area contributed by atoms with Gasteiger partial charge in [0.15, 0.2) is 5.78 Å². The van der Waals surface area contributed by atoms with Crippen molar-refractivity contribution in [3.05, 3.63) is 36.0 Å². The summed E-state index contributed by atoms with van der Waals surface area (Å²) in [6.07, 6.45) is 3.11. The van der Waals surface area contributed by atoms with E-state index in [0.29, 0.717) is 31.6 Å². The van der Waals surface area contributed by atoms with E-state index in [-0.39, 0.29) is 30.2 Å². The predicted octanol–water partition coefficient (Wildman–Crippen LogP) is 1.27. The monoisotopic (exact) mass is 382 g/mol. The molecule has 0 radical (unpaired) electrons. The van der Waals surface area contributed by atoms with E-state index in [9.17, 15) is 14.4 Å². The van der Waals surface area contributed by atoms with Gasteiger partial charge in [-0.2, -0.15) is 0 Å². The fraction of sp³-hybridized carbons (Fsp3) is 0.476. The second-order valence-corrected chi connectivity index (χ2v) is 7.54. The average Bonchev–Trinajstić information content (AvgIpc) is 3.07. The van der Waals surface area contributed by atoms with E-state index in [1.807, 2.05) is 42.0 Å². The first kappa shape index (κ1) is 18.7. The van der Waals surface area contributed by atoms with E-state index in [0.717, 1.165) is 30.4 Å². The van der Waals surface area contributed by atoms with Crippen LogP contribution < -0.4 is 5.32 Å². The normalized spacial score (nSPS) is 20.1. The maximum absolute atomic E-state index is 13.0. The van der Waals surface area contributed by atoms with Crippen molar-refractivity contribution in [2.45, 2.75) is 32.4 Å². The van der Waals surface area contributed by atoms with Crippen LogP contribution in [0, 0.1) is 0 Å². The Hall–Kier alpha value is -2.67. The van der Waals surface area contributed by atoms with Crippen LogP contribution in [-0.2, 0) is 16.1 Å². The van der Waals surface area contributed by atoms with Gasteiger partial charge in [0.1, 0.15) is 12.6 Å². The standard InChI is InChI=1S/C21H26N4O3/c1-2-5-19(26)16-12-25(17-7-4-3-6-15(16)17)14-20(27)24-11-10-23-9-8-22-21(28)18(23)13-24/h3-4,6-7,12,18H,2,5,8-11,13-14H2,1H3,(H,22,28)/t18-/m1/s1. The molecule has 2 aromatic rings. The largest absolute Gasteiger partial charge is 0.353 e. The lowest BCUT2D eigenvalue weighted by Crippen LogP contribution is -2.64.